The fourth-order valence-corrected chi connectivity index (χ4v) is 0.828. The molecule has 0 spiro atoms. The van der Waals surface area contributed by atoms with Gasteiger partial charge in [0.25, 0.3) is 0 Å². The van der Waals surface area contributed by atoms with Crippen molar-refractivity contribution in [3.63, 3.8) is 0 Å². The van der Waals surface area contributed by atoms with Crippen molar-refractivity contribution in [1.82, 2.24) is 5.48 Å². The van der Waals surface area contributed by atoms with E-state index in [9.17, 15) is 0 Å². The molecule has 1 aliphatic rings. The number of hydroxylamine groups is 1. The van der Waals surface area contributed by atoms with E-state index >= 15 is 0 Å². The number of nitrogen functional groups attached to an aromatic ring is 2. The Bertz CT molecular complexity index is 343. The lowest BCUT2D eigenvalue weighted by molar-refractivity contribution is 0.172. The van der Waals surface area contributed by atoms with E-state index in [2.05, 4.69) is 10.3 Å². The van der Waals surface area contributed by atoms with Gasteiger partial charge in [0.15, 0.2) is 0 Å². The highest BCUT2D eigenvalue weighted by Crippen LogP contribution is 2.24. The Morgan fingerprint density at radius 3 is 2.33 bits per heavy atom. The summed E-state index contributed by atoms with van der Waals surface area (Å²) in [6, 6.07) is 4.77. The number of para-hydroxylation sites is 1. The van der Waals surface area contributed by atoms with Crippen LogP contribution in [-0.4, -0.2) is 5.11 Å². The van der Waals surface area contributed by atoms with Gasteiger partial charge in [-0.3, -0.25) is 0 Å². The van der Waals surface area contributed by atoms with Crippen molar-refractivity contribution < 1.29 is 9.94 Å². The number of rotatable bonds is 0. The highest BCUT2D eigenvalue weighted by Gasteiger charge is 1.96. The first-order chi connectivity index (χ1) is 7.22. The molecular weight excluding hydrogens is 194 g/mol. The maximum absolute atomic E-state index is 8.90. The average Bonchev–Trinajstić information content (AvgIpc) is 2.29. The third-order valence-corrected chi connectivity index (χ3v) is 1.61. The maximum Gasteiger partial charge on any atom is 0.140 e. The summed E-state index contributed by atoms with van der Waals surface area (Å²) < 4.78 is 0. The predicted molar refractivity (Wildman–Crippen MR) is 59.4 cm³/mol. The number of nitrogens with one attached hydrogen (secondary N) is 1. The molecule has 1 heterocycles. The van der Waals surface area contributed by atoms with E-state index in [1.165, 1.54) is 6.07 Å². The molecule has 0 fully saturated rings. The zero-order valence-corrected chi connectivity index (χ0v) is 8.05. The van der Waals surface area contributed by atoms with Crippen LogP contribution in [-0.2, 0) is 4.84 Å². The van der Waals surface area contributed by atoms with E-state index in [0.29, 0.717) is 5.69 Å². The van der Waals surface area contributed by atoms with E-state index < -0.39 is 0 Å². The molecule has 2 rings (SSSR count). The number of phenolic OH excluding ortho intramolecular Hbond substituents is 1. The molecule has 1 aromatic rings. The highest BCUT2D eigenvalue weighted by molar-refractivity contribution is 5.69. The van der Waals surface area contributed by atoms with Crippen LogP contribution in [0.5, 0.6) is 5.75 Å². The molecule has 0 saturated carbocycles. The van der Waals surface area contributed by atoms with Crippen LogP contribution >= 0.6 is 0 Å². The summed E-state index contributed by atoms with van der Waals surface area (Å²) in [5.41, 5.74) is 13.8. The SMILES string of the molecule is C1=CNOC=C1.Nc1cccc(O)c1N. The molecule has 80 valence electrons. The molecule has 0 bridgehead atoms. The first-order valence-corrected chi connectivity index (χ1v) is 4.27. The molecule has 15 heavy (non-hydrogen) atoms. The fraction of sp³-hybridized carbons (Fsp3) is 0. The Morgan fingerprint density at radius 1 is 1.20 bits per heavy atom. The lowest BCUT2D eigenvalue weighted by atomic mass is 10.2. The fourth-order valence-electron chi connectivity index (χ4n) is 0.828. The molecule has 5 nitrogen and oxygen atoms in total. The first-order valence-electron chi connectivity index (χ1n) is 4.27. The van der Waals surface area contributed by atoms with Crippen LogP contribution in [0.3, 0.4) is 0 Å². The Hall–Kier alpha value is -2.30. The number of allylic oxidation sites excluding steroid dienone is 2. The third-order valence-electron chi connectivity index (χ3n) is 1.61. The van der Waals surface area contributed by atoms with Crippen molar-refractivity contribution in [2.75, 3.05) is 11.5 Å². The molecule has 0 atom stereocenters. The van der Waals surface area contributed by atoms with Gasteiger partial charge in [-0.05, 0) is 24.3 Å². The predicted octanol–water partition coefficient (Wildman–Crippen LogP) is 1.11. The third kappa shape index (κ3) is 3.51. The molecule has 0 unspecified atom stereocenters. The van der Waals surface area contributed by atoms with Gasteiger partial charge in [-0.25, -0.2) is 5.48 Å². The first kappa shape index (κ1) is 10.8. The highest BCUT2D eigenvalue weighted by atomic mass is 16.6. The van der Waals surface area contributed by atoms with Crippen molar-refractivity contribution in [3.8, 4) is 5.75 Å². The van der Waals surface area contributed by atoms with Crippen molar-refractivity contribution in [2.24, 2.45) is 0 Å². The molecule has 5 heteroatoms. The van der Waals surface area contributed by atoms with E-state index in [1.807, 2.05) is 6.08 Å². The molecular formula is C10H13N3O2. The molecule has 1 aliphatic heterocycles. The maximum atomic E-state index is 8.90. The van der Waals surface area contributed by atoms with E-state index in [-0.39, 0.29) is 11.4 Å². The Morgan fingerprint density at radius 2 is 2.00 bits per heavy atom. The zero-order chi connectivity index (χ0) is 11.1. The molecule has 0 radical (unpaired) electrons. The molecule has 0 saturated heterocycles. The summed E-state index contributed by atoms with van der Waals surface area (Å²) in [5.74, 6) is 0.0370. The van der Waals surface area contributed by atoms with Gasteiger partial charge in [-0.1, -0.05) is 6.07 Å². The van der Waals surface area contributed by atoms with Gasteiger partial charge in [0.2, 0.25) is 0 Å². The van der Waals surface area contributed by atoms with E-state index in [1.54, 1.807) is 30.7 Å². The van der Waals surface area contributed by atoms with E-state index in [0.717, 1.165) is 0 Å². The summed E-state index contributed by atoms with van der Waals surface area (Å²) in [4.78, 5) is 4.55. The van der Waals surface area contributed by atoms with Crippen LogP contribution in [0.15, 0.2) is 42.8 Å². The molecule has 0 aromatic heterocycles. The number of phenols is 1. The van der Waals surface area contributed by atoms with Gasteiger partial charge < -0.3 is 21.4 Å². The average molecular weight is 207 g/mol. The molecule has 1 aromatic carbocycles. The Balaban J connectivity index is 0.000000162. The summed E-state index contributed by atoms with van der Waals surface area (Å²) in [5, 5.41) is 8.90. The monoisotopic (exact) mass is 207 g/mol. The van der Waals surface area contributed by atoms with Crippen LogP contribution in [0.2, 0.25) is 0 Å². The van der Waals surface area contributed by atoms with Crippen LogP contribution < -0.4 is 16.9 Å². The molecule has 0 aliphatic carbocycles. The van der Waals surface area contributed by atoms with Gasteiger partial charge in [-0.15, -0.1) is 0 Å². The lowest BCUT2D eigenvalue weighted by Gasteiger charge is -1.99. The van der Waals surface area contributed by atoms with Crippen LogP contribution in [0.1, 0.15) is 0 Å². The van der Waals surface area contributed by atoms with Crippen LogP contribution in [0.4, 0.5) is 11.4 Å². The number of anilines is 2. The Labute approximate surface area is 87.6 Å². The number of nitrogens with two attached hydrogens (primary N) is 2. The van der Waals surface area contributed by atoms with Gasteiger partial charge in [0, 0.05) is 6.20 Å². The number of aromatic hydroxyl groups is 1. The summed E-state index contributed by atoms with van der Waals surface area (Å²) in [6.07, 6.45) is 6.93. The number of benzene rings is 1. The van der Waals surface area contributed by atoms with Crippen molar-refractivity contribution in [1.29, 1.82) is 0 Å². The standard InChI is InChI=1S/C6H8N2O.C4H5NO/c7-4-2-1-3-5(9)6(4)8;1-2-4-6-5-3-1/h1-3,9H,7-8H2;1-5H. The number of hydrogen-bond acceptors (Lipinski definition) is 5. The van der Waals surface area contributed by atoms with Crippen molar-refractivity contribution >= 4 is 11.4 Å². The minimum atomic E-state index is 0.0370. The van der Waals surface area contributed by atoms with Gasteiger partial charge >= 0.3 is 0 Å². The summed E-state index contributed by atoms with van der Waals surface area (Å²) in [7, 11) is 0. The second-order valence-electron chi connectivity index (χ2n) is 2.70. The number of hydrogen-bond donors (Lipinski definition) is 4. The largest absolute Gasteiger partial charge is 0.506 e. The summed E-state index contributed by atoms with van der Waals surface area (Å²) >= 11 is 0. The van der Waals surface area contributed by atoms with Crippen molar-refractivity contribution in [3.05, 3.63) is 42.8 Å². The minimum absolute atomic E-state index is 0.0370. The molecule has 6 N–H and O–H groups in total. The second kappa shape index (κ2) is 5.43. The van der Waals surface area contributed by atoms with Gasteiger partial charge in [0.1, 0.15) is 12.0 Å². The zero-order valence-electron chi connectivity index (χ0n) is 8.05. The smallest absolute Gasteiger partial charge is 0.140 e. The van der Waals surface area contributed by atoms with Gasteiger partial charge in [0.05, 0.1) is 11.4 Å². The quantitative estimate of drug-likeness (QED) is 0.377. The van der Waals surface area contributed by atoms with Crippen LogP contribution in [0.25, 0.3) is 0 Å². The normalized spacial score (nSPS) is 12.0. The summed E-state index contributed by atoms with van der Waals surface area (Å²) in [6.45, 7) is 0. The topological polar surface area (TPSA) is 93.5 Å². The second-order valence-corrected chi connectivity index (χ2v) is 2.70. The van der Waals surface area contributed by atoms with Gasteiger partial charge in [-0.2, -0.15) is 0 Å². The molecule has 0 amide bonds. The minimum Gasteiger partial charge on any atom is -0.506 e. The van der Waals surface area contributed by atoms with Crippen LogP contribution in [0, 0.1) is 0 Å². The van der Waals surface area contributed by atoms with E-state index in [4.69, 9.17) is 16.6 Å². The Kier molecular flexibility index (Phi) is 3.91. The lowest BCUT2D eigenvalue weighted by Crippen LogP contribution is -2.01. The van der Waals surface area contributed by atoms with Crippen molar-refractivity contribution in [2.45, 2.75) is 0 Å².